The van der Waals surface area contributed by atoms with Crippen molar-refractivity contribution in [3.8, 4) is 0 Å². The number of carbonyl (C=O) groups is 1. The van der Waals surface area contributed by atoms with Gasteiger partial charge in [-0.2, -0.15) is 10.1 Å². The molecule has 1 aromatic heterocycles. The van der Waals surface area contributed by atoms with E-state index in [-0.39, 0.29) is 5.91 Å². The molecule has 1 atom stereocenters. The van der Waals surface area contributed by atoms with Crippen molar-refractivity contribution in [3.05, 3.63) is 6.33 Å². The molecule has 6 heteroatoms. The van der Waals surface area contributed by atoms with Gasteiger partial charge in [-0.15, -0.1) is 0 Å². The lowest BCUT2D eigenvalue weighted by atomic mass is 10.0. The molecule has 1 amide bonds. The average molecular weight is 223 g/mol. The van der Waals surface area contributed by atoms with E-state index in [2.05, 4.69) is 20.7 Å². The van der Waals surface area contributed by atoms with E-state index in [4.69, 9.17) is 0 Å². The van der Waals surface area contributed by atoms with Crippen LogP contribution in [0.2, 0.25) is 0 Å². The van der Waals surface area contributed by atoms with Gasteiger partial charge < -0.3 is 5.32 Å². The summed E-state index contributed by atoms with van der Waals surface area (Å²) in [6.45, 7) is 2.12. The van der Waals surface area contributed by atoms with Gasteiger partial charge in [0.2, 0.25) is 11.9 Å². The van der Waals surface area contributed by atoms with E-state index >= 15 is 0 Å². The SMILES string of the molecule is Cn1ncnc1NC(=O)CCC1CCNC1. The summed E-state index contributed by atoms with van der Waals surface area (Å²) in [6, 6.07) is 0. The molecule has 1 aromatic rings. The summed E-state index contributed by atoms with van der Waals surface area (Å²) >= 11 is 0. The van der Waals surface area contributed by atoms with Crippen molar-refractivity contribution in [2.24, 2.45) is 13.0 Å². The third kappa shape index (κ3) is 2.79. The third-order valence-corrected chi connectivity index (χ3v) is 2.90. The van der Waals surface area contributed by atoms with Crippen LogP contribution in [-0.2, 0) is 11.8 Å². The van der Waals surface area contributed by atoms with Crippen LogP contribution >= 0.6 is 0 Å². The lowest BCUT2D eigenvalue weighted by Crippen LogP contribution is -2.17. The van der Waals surface area contributed by atoms with Crippen LogP contribution in [0, 0.1) is 5.92 Å². The first-order valence-corrected chi connectivity index (χ1v) is 5.60. The summed E-state index contributed by atoms with van der Waals surface area (Å²) in [5.41, 5.74) is 0. The smallest absolute Gasteiger partial charge is 0.227 e. The number of nitrogens with zero attached hydrogens (tertiary/aromatic N) is 3. The van der Waals surface area contributed by atoms with Crippen LogP contribution in [0.5, 0.6) is 0 Å². The Kier molecular flexibility index (Phi) is 3.51. The van der Waals surface area contributed by atoms with Gasteiger partial charge in [0, 0.05) is 13.5 Å². The Balaban J connectivity index is 1.74. The van der Waals surface area contributed by atoms with E-state index in [1.807, 2.05) is 0 Å². The number of hydrogen-bond acceptors (Lipinski definition) is 4. The summed E-state index contributed by atoms with van der Waals surface area (Å²) in [5, 5.41) is 9.92. The molecule has 0 aliphatic carbocycles. The highest BCUT2D eigenvalue weighted by molar-refractivity contribution is 5.88. The number of aromatic nitrogens is 3. The molecule has 1 saturated heterocycles. The molecule has 2 rings (SSSR count). The first kappa shape index (κ1) is 11.1. The Hall–Kier alpha value is -1.43. The fourth-order valence-corrected chi connectivity index (χ4v) is 1.89. The summed E-state index contributed by atoms with van der Waals surface area (Å²) in [6.07, 6.45) is 4.10. The third-order valence-electron chi connectivity index (χ3n) is 2.90. The molecular formula is C10H17N5O. The zero-order chi connectivity index (χ0) is 11.4. The van der Waals surface area contributed by atoms with Gasteiger partial charge in [-0.25, -0.2) is 4.68 Å². The Morgan fingerprint density at radius 1 is 1.75 bits per heavy atom. The Labute approximate surface area is 94.4 Å². The van der Waals surface area contributed by atoms with Gasteiger partial charge >= 0.3 is 0 Å². The molecular weight excluding hydrogens is 206 g/mol. The van der Waals surface area contributed by atoms with Crippen molar-refractivity contribution in [1.29, 1.82) is 0 Å². The number of carbonyl (C=O) groups excluding carboxylic acids is 1. The second-order valence-corrected chi connectivity index (χ2v) is 4.15. The second kappa shape index (κ2) is 5.07. The number of amides is 1. The van der Waals surface area contributed by atoms with Crippen LogP contribution in [0.15, 0.2) is 6.33 Å². The van der Waals surface area contributed by atoms with Crippen molar-refractivity contribution in [2.45, 2.75) is 19.3 Å². The zero-order valence-corrected chi connectivity index (χ0v) is 9.44. The summed E-state index contributed by atoms with van der Waals surface area (Å²) in [7, 11) is 1.75. The van der Waals surface area contributed by atoms with Crippen LogP contribution < -0.4 is 10.6 Å². The van der Waals surface area contributed by atoms with E-state index in [0.29, 0.717) is 18.3 Å². The maximum absolute atomic E-state index is 11.6. The molecule has 0 radical (unpaired) electrons. The van der Waals surface area contributed by atoms with Crippen molar-refractivity contribution in [1.82, 2.24) is 20.1 Å². The molecule has 0 spiro atoms. The van der Waals surface area contributed by atoms with E-state index in [0.717, 1.165) is 19.5 Å². The summed E-state index contributed by atoms with van der Waals surface area (Å²) in [4.78, 5) is 15.5. The van der Waals surface area contributed by atoms with Gasteiger partial charge in [-0.3, -0.25) is 10.1 Å². The van der Waals surface area contributed by atoms with Gasteiger partial charge in [0.1, 0.15) is 6.33 Å². The molecule has 2 N–H and O–H groups in total. The van der Waals surface area contributed by atoms with E-state index in [1.54, 1.807) is 11.7 Å². The van der Waals surface area contributed by atoms with Gasteiger partial charge in [-0.1, -0.05) is 0 Å². The lowest BCUT2D eigenvalue weighted by molar-refractivity contribution is -0.116. The molecule has 1 aliphatic heterocycles. The van der Waals surface area contributed by atoms with Gasteiger partial charge in [0.05, 0.1) is 0 Å². The predicted octanol–water partition coefficient (Wildman–Crippen LogP) is 0.143. The number of nitrogens with one attached hydrogen (secondary N) is 2. The largest absolute Gasteiger partial charge is 0.316 e. The quantitative estimate of drug-likeness (QED) is 0.762. The maximum Gasteiger partial charge on any atom is 0.227 e. The fourth-order valence-electron chi connectivity index (χ4n) is 1.89. The van der Waals surface area contributed by atoms with Crippen molar-refractivity contribution in [2.75, 3.05) is 18.4 Å². The highest BCUT2D eigenvalue weighted by Gasteiger charge is 2.16. The molecule has 88 valence electrons. The first-order valence-electron chi connectivity index (χ1n) is 5.60. The van der Waals surface area contributed by atoms with Gasteiger partial charge in [0.15, 0.2) is 0 Å². The van der Waals surface area contributed by atoms with Gasteiger partial charge in [-0.05, 0) is 31.8 Å². The first-order chi connectivity index (χ1) is 7.75. The van der Waals surface area contributed by atoms with Crippen LogP contribution in [0.1, 0.15) is 19.3 Å². The zero-order valence-electron chi connectivity index (χ0n) is 9.44. The predicted molar refractivity (Wildman–Crippen MR) is 59.8 cm³/mol. The highest BCUT2D eigenvalue weighted by Crippen LogP contribution is 2.14. The number of aryl methyl sites for hydroxylation is 1. The minimum Gasteiger partial charge on any atom is -0.316 e. The van der Waals surface area contributed by atoms with Crippen LogP contribution in [0.4, 0.5) is 5.95 Å². The maximum atomic E-state index is 11.6. The van der Waals surface area contributed by atoms with E-state index in [9.17, 15) is 4.79 Å². The van der Waals surface area contributed by atoms with Crippen LogP contribution in [-0.4, -0.2) is 33.8 Å². The molecule has 0 aromatic carbocycles. The molecule has 16 heavy (non-hydrogen) atoms. The monoisotopic (exact) mass is 223 g/mol. The summed E-state index contributed by atoms with van der Waals surface area (Å²) in [5.74, 6) is 1.17. The van der Waals surface area contributed by atoms with E-state index < -0.39 is 0 Å². The number of rotatable bonds is 4. The summed E-state index contributed by atoms with van der Waals surface area (Å²) < 4.78 is 1.55. The van der Waals surface area contributed by atoms with E-state index in [1.165, 1.54) is 12.7 Å². The minimum atomic E-state index is 0.0167. The fraction of sp³-hybridized carbons (Fsp3) is 0.700. The Morgan fingerprint density at radius 3 is 3.25 bits per heavy atom. The molecule has 2 heterocycles. The molecule has 1 unspecified atom stereocenters. The van der Waals surface area contributed by atoms with Crippen molar-refractivity contribution < 1.29 is 4.79 Å². The van der Waals surface area contributed by atoms with Crippen LogP contribution in [0.25, 0.3) is 0 Å². The molecule has 0 saturated carbocycles. The van der Waals surface area contributed by atoms with Crippen LogP contribution in [0.3, 0.4) is 0 Å². The van der Waals surface area contributed by atoms with Gasteiger partial charge in [0.25, 0.3) is 0 Å². The Bertz CT molecular complexity index is 356. The Morgan fingerprint density at radius 2 is 2.62 bits per heavy atom. The highest BCUT2D eigenvalue weighted by atomic mass is 16.1. The van der Waals surface area contributed by atoms with Crippen molar-refractivity contribution in [3.63, 3.8) is 0 Å². The average Bonchev–Trinajstić information content (AvgIpc) is 2.88. The lowest BCUT2D eigenvalue weighted by Gasteiger charge is -2.07. The normalized spacial score (nSPS) is 19.9. The topological polar surface area (TPSA) is 71.8 Å². The number of hydrogen-bond donors (Lipinski definition) is 2. The van der Waals surface area contributed by atoms with Crippen molar-refractivity contribution >= 4 is 11.9 Å². The molecule has 0 bridgehead atoms. The minimum absolute atomic E-state index is 0.0167. The molecule has 6 nitrogen and oxygen atoms in total. The standard InChI is InChI=1S/C10H17N5O/c1-15-10(12-7-13-15)14-9(16)3-2-8-4-5-11-6-8/h7-8,11H,2-6H2,1H3,(H,12,13,14,16). The molecule has 1 fully saturated rings. The number of anilines is 1. The second-order valence-electron chi connectivity index (χ2n) is 4.15. The molecule has 1 aliphatic rings.